The van der Waals surface area contributed by atoms with Crippen molar-refractivity contribution in [3.63, 3.8) is 0 Å². The normalized spacial score (nSPS) is 13.1. The SMILES string of the molecule is COc1cc(/C=C/C(=O)OCc2ccc(F)cc2)cc(S(=O)(=O)N2CCc3ccccc32)c1OC. The van der Waals surface area contributed by atoms with E-state index in [4.69, 9.17) is 14.2 Å². The van der Waals surface area contributed by atoms with E-state index in [0.717, 1.165) is 5.56 Å². The molecule has 0 radical (unpaired) electrons. The van der Waals surface area contributed by atoms with E-state index in [2.05, 4.69) is 0 Å². The first-order valence-corrected chi connectivity index (χ1v) is 12.2. The predicted octanol–water partition coefficient (Wildman–Crippen LogP) is 4.35. The Labute approximate surface area is 203 Å². The third kappa shape index (κ3) is 5.14. The van der Waals surface area contributed by atoms with Gasteiger partial charge in [-0.3, -0.25) is 4.31 Å². The van der Waals surface area contributed by atoms with Crippen LogP contribution < -0.4 is 13.8 Å². The molecule has 0 spiro atoms. The molecule has 3 aromatic carbocycles. The summed E-state index contributed by atoms with van der Waals surface area (Å²) in [4.78, 5) is 12.1. The lowest BCUT2D eigenvalue weighted by molar-refractivity contribution is -0.138. The van der Waals surface area contributed by atoms with Gasteiger partial charge in [0.25, 0.3) is 10.0 Å². The second kappa shape index (κ2) is 10.2. The summed E-state index contributed by atoms with van der Waals surface area (Å²) in [6.07, 6.45) is 3.23. The monoisotopic (exact) mass is 497 g/mol. The molecule has 35 heavy (non-hydrogen) atoms. The summed E-state index contributed by atoms with van der Waals surface area (Å²) in [5, 5.41) is 0. The van der Waals surface area contributed by atoms with E-state index in [9.17, 15) is 17.6 Å². The van der Waals surface area contributed by atoms with Crippen LogP contribution >= 0.6 is 0 Å². The summed E-state index contributed by atoms with van der Waals surface area (Å²) in [7, 11) is -1.21. The molecule has 1 aliphatic heterocycles. The van der Waals surface area contributed by atoms with Crippen LogP contribution in [0.4, 0.5) is 10.1 Å². The van der Waals surface area contributed by atoms with Gasteiger partial charge in [0.05, 0.1) is 19.9 Å². The number of ether oxygens (including phenoxy) is 3. The molecule has 0 fully saturated rings. The first kappa shape index (κ1) is 24.3. The first-order chi connectivity index (χ1) is 16.8. The Morgan fingerprint density at radius 3 is 2.51 bits per heavy atom. The van der Waals surface area contributed by atoms with Gasteiger partial charge in [0, 0.05) is 12.6 Å². The highest BCUT2D eigenvalue weighted by Crippen LogP contribution is 2.40. The fraction of sp³-hybridized carbons (Fsp3) is 0.192. The third-order valence-electron chi connectivity index (χ3n) is 5.59. The van der Waals surface area contributed by atoms with Crippen molar-refractivity contribution in [3.8, 4) is 11.5 Å². The molecule has 9 heteroatoms. The molecular weight excluding hydrogens is 473 g/mol. The van der Waals surface area contributed by atoms with Gasteiger partial charge >= 0.3 is 5.97 Å². The Bertz CT molecular complexity index is 1370. The molecule has 4 rings (SSSR count). The Morgan fingerprint density at radius 1 is 1.06 bits per heavy atom. The number of hydrogen-bond acceptors (Lipinski definition) is 6. The fourth-order valence-electron chi connectivity index (χ4n) is 3.86. The molecule has 0 amide bonds. The number of benzene rings is 3. The third-order valence-corrected chi connectivity index (χ3v) is 7.40. The number of hydrogen-bond donors (Lipinski definition) is 0. The van der Waals surface area contributed by atoms with E-state index < -0.39 is 16.0 Å². The van der Waals surface area contributed by atoms with E-state index in [1.54, 1.807) is 18.2 Å². The van der Waals surface area contributed by atoms with Gasteiger partial charge in [0.2, 0.25) is 0 Å². The van der Waals surface area contributed by atoms with E-state index in [1.807, 2.05) is 12.1 Å². The molecule has 0 unspecified atom stereocenters. The van der Waals surface area contributed by atoms with Crippen molar-refractivity contribution in [2.24, 2.45) is 0 Å². The molecule has 7 nitrogen and oxygen atoms in total. The van der Waals surface area contributed by atoms with Crippen molar-refractivity contribution >= 4 is 27.8 Å². The highest BCUT2D eigenvalue weighted by Gasteiger charge is 2.34. The Morgan fingerprint density at radius 2 is 1.80 bits per heavy atom. The van der Waals surface area contributed by atoms with Gasteiger partial charge in [0.1, 0.15) is 17.3 Å². The maximum absolute atomic E-state index is 13.7. The van der Waals surface area contributed by atoms with Crippen molar-refractivity contribution in [2.75, 3.05) is 25.1 Å². The standard InChI is InChI=1S/C26H24FNO6S/c1-32-23-15-19(9-12-25(29)34-17-18-7-10-21(27)11-8-18)16-24(26(23)33-2)35(30,31)28-14-13-20-5-3-4-6-22(20)28/h3-12,15-16H,13-14,17H2,1-2H3/b12-9+. The number of halogens is 1. The van der Waals surface area contributed by atoms with Crippen molar-refractivity contribution < 1.29 is 31.8 Å². The minimum absolute atomic E-state index is 0.0244. The molecule has 0 N–H and O–H groups in total. The molecule has 0 saturated carbocycles. The molecule has 0 bridgehead atoms. The van der Waals surface area contributed by atoms with Crippen LogP contribution in [0.5, 0.6) is 11.5 Å². The Hall–Kier alpha value is -3.85. The Kier molecular flexibility index (Phi) is 7.07. The van der Waals surface area contributed by atoms with E-state index in [-0.39, 0.29) is 28.8 Å². The zero-order valence-corrected chi connectivity index (χ0v) is 20.0. The molecule has 0 aliphatic carbocycles. The van der Waals surface area contributed by atoms with Crippen molar-refractivity contribution in [1.29, 1.82) is 0 Å². The number of methoxy groups -OCH3 is 2. The van der Waals surface area contributed by atoms with Gasteiger partial charge in [-0.15, -0.1) is 0 Å². The maximum Gasteiger partial charge on any atom is 0.331 e. The lowest BCUT2D eigenvalue weighted by Crippen LogP contribution is -2.29. The number of nitrogens with zero attached hydrogens (tertiary/aromatic N) is 1. The maximum atomic E-state index is 13.7. The molecule has 0 saturated heterocycles. The van der Waals surface area contributed by atoms with Gasteiger partial charge in [0.15, 0.2) is 11.5 Å². The number of para-hydroxylation sites is 1. The smallest absolute Gasteiger partial charge is 0.331 e. The molecular formula is C26H24FNO6S. The van der Waals surface area contributed by atoms with Crippen LogP contribution in [0.25, 0.3) is 6.08 Å². The van der Waals surface area contributed by atoms with Crippen LogP contribution in [0.3, 0.4) is 0 Å². The number of anilines is 1. The van der Waals surface area contributed by atoms with Crippen LogP contribution in [0, 0.1) is 5.82 Å². The highest BCUT2D eigenvalue weighted by molar-refractivity contribution is 7.93. The second-order valence-corrected chi connectivity index (χ2v) is 9.61. The number of fused-ring (bicyclic) bond motifs is 1. The summed E-state index contributed by atoms with van der Waals surface area (Å²) in [5.74, 6) is -0.730. The first-order valence-electron chi connectivity index (χ1n) is 10.8. The van der Waals surface area contributed by atoms with Crippen molar-refractivity contribution in [2.45, 2.75) is 17.9 Å². The van der Waals surface area contributed by atoms with Crippen LogP contribution in [0.15, 0.2) is 71.6 Å². The summed E-state index contributed by atoms with van der Waals surface area (Å²) in [5.41, 5.74) is 2.62. The fourth-order valence-corrected chi connectivity index (χ4v) is 5.57. The van der Waals surface area contributed by atoms with Gasteiger partial charge < -0.3 is 14.2 Å². The van der Waals surface area contributed by atoms with Crippen LogP contribution in [0.2, 0.25) is 0 Å². The topological polar surface area (TPSA) is 82.1 Å². The predicted molar refractivity (Wildman–Crippen MR) is 129 cm³/mol. The molecule has 3 aromatic rings. The van der Waals surface area contributed by atoms with E-state index in [1.165, 1.54) is 61.0 Å². The lowest BCUT2D eigenvalue weighted by atomic mass is 10.2. The zero-order chi connectivity index (χ0) is 25.0. The molecule has 1 heterocycles. The quantitative estimate of drug-likeness (QED) is 0.340. The van der Waals surface area contributed by atoms with Gasteiger partial charge in [-0.2, -0.15) is 0 Å². The average molecular weight is 498 g/mol. The lowest BCUT2D eigenvalue weighted by Gasteiger charge is -2.22. The molecule has 0 aromatic heterocycles. The molecule has 182 valence electrons. The summed E-state index contributed by atoms with van der Waals surface area (Å²) >= 11 is 0. The second-order valence-electron chi connectivity index (χ2n) is 7.78. The van der Waals surface area contributed by atoms with Crippen molar-refractivity contribution in [1.82, 2.24) is 0 Å². The average Bonchev–Trinajstić information content (AvgIpc) is 3.31. The number of rotatable bonds is 8. The van der Waals surface area contributed by atoms with Gasteiger partial charge in [-0.25, -0.2) is 17.6 Å². The molecule has 1 aliphatic rings. The van der Waals surface area contributed by atoms with Crippen LogP contribution in [0.1, 0.15) is 16.7 Å². The number of carbonyl (C=O) groups is 1. The van der Waals surface area contributed by atoms with Crippen LogP contribution in [-0.2, 0) is 32.6 Å². The van der Waals surface area contributed by atoms with Gasteiger partial charge in [-0.05, 0) is 59.5 Å². The Balaban J connectivity index is 1.61. The minimum atomic E-state index is -3.99. The van der Waals surface area contributed by atoms with Gasteiger partial charge in [-0.1, -0.05) is 30.3 Å². The van der Waals surface area contributed by atoms with E-state index in [0.29, 0.717) is 29.8 Å². The summed E-state index contributed by atoms with van der Waals surface area (Å²) < 4.78 is 57.7. The minimum Gasteiger partial charge on any atom is -0.493 e. The molecule has 0 atom stereocenters. The summed E-state index contributed by atoms with van der Waals surface area (Å²) in [6.45, 7) is 0.284. The number of carbonyl (C=O) groups excluding carboxylic acids is 1. The highest BCUT2D eigenvalue weighted by atomic mass is 32.2. The zero-order valence-electron chi connectivity index (χ0n) is 19.2. The van der Waals surface area contributed by atoms with E-state index >= 15 is 0 Å². The largest absolute Gasteiger partial charge is 0.493 e. The van der Waals surface area contributed by atoms with Crippen LogP contribution in [-0.4, -0.2) is 35.2 Å². The number of sulfonamides is 1. The summed E-state index contributed by atoms with van der Waals surface area (Å²) in [6, 6.07) is 15.9. The van der Waals surface area contributed by atoms with Crippen molar-refractivity contribution in [3.05, 3.63) is 89.2 Å². The number of esters is 1.